The van der Waals surface area contributed by atoms with Gasteiger partial charge in [0.05, 0.1) is 4.90 Å². The first kappa shape index (κ1) is 17.4. The van der Waals surface area contributed by atoms with Crippen molar-refractivity contribution in [1.29, 1.82) is 0 Å². The molecule has 0 aromatic heterocycles. The van der Waals surface area contributed by atoms with Gasteiger partial charge < -0.3 is 4.74 Å². The van der Waals surface area contributed by atoms with Crippen molar-refractivity contribution in [2.45, 2.75) is 31.1 Å². The van der Waals surface area contributed by atoms with Gasteiger partial charge in [0, 0.05) is 25.6 Å². The zero-order chi connectivity index (χ0) is 14.8. The van der Waals surface area contributed by atoms with Gasteiger partial charge in [-0.2, -0.15) is 0 Å². The van der Waals surface area contributed by atoms with E-state index in [4.69, 9.17) is 16.3 Å². The van der Waals surface area contributed by atoms with Crippen LogP contribution in [0.2, 0.25) is 0 Å². The van der Waals surface area contributed by atoms with Gasteiger partial charge in [-0.05, 0) is 37.0 Å². The molecular formula is C14H22ClNO3S. The average molecular weight is 320 g/mol. The maximum Gasteiger partial charge on any atom is 0.240 e. The molecule has 0 radical (unpaired) electrons. The van der Waals surface area contributed by atoms with E-state index in [1.807, 2.05) is 6.92 Å². The maximum atomic E-state index is 12.0. The lowest BCUT2D eigenvalue weighted by molar-refractivity contribution is 0.133. The van der Waals surface area contributed by atoms with E-state index >= 15 is 0 Å². The van der Waals surface area contributed by atoms with Crippen LogP contribution in [0, 0.1) is 0 Å². The predicted octanol–water partition coefficient (Wildman–Crippen LogP) is 2.56. The summed E-state index contributed by atoms with van der Waals surface area (Å²) in [6, 6.07) is 6.80. The lowest BCUT2D eigenvalue weighted by atomic mass is 10.2. The first-order valence-electron chi connectivity index (χ1n) is 6.82. The third-order valence-corrected chi connectivity index (χ3v) is 4.39. The summed E-state index contributed by atoms with van der Waals surface area (Å²) in [5.74, 6) is 0.530. The van der Waals surface area contributed by atoms with Crippen LogP contribution >= 0.6 is 11.6 Å². The Balaban J connectivity index is 2.43. The minimum absolute atomic E-state index is 0.283. The first-order valence-corrected chi connectivity index (χ1v) is 8.84. The molecule has 6 heteroatoms. The van der Waals surface area contributed by atoms with Gasteiger partial charge in [-0.25, -0.2) is 13.1 Å². The van der Waals surface area contributed by atoms with Gasteiger partial charge in [-0.15, -0.1) is 11.6 Å². The molecule has 4 nitrogen and oxygen atoms in total. The summed E-state index contributed by atoms with van der Waals surface area (Å²) in [6.07, 6.45) is 2.38. The third-order valence-electron chi connectivity index (χ3n) is 2.72. The number of rotatable bonds is 10. The summed E-state index contributed by atoms with van der Waals surface area (Å²) in [6.45, 7) is 3.71. The van der Waals surface area contributed by atoms with Crippen LogP contribution in [0.1, 0.15) is 25.3 Å². The minimum atomic E-state index is -3.42. The zero-order valence-electron chi connectivity index (χ0n) is 11.8. The average Bonchev–Trinajstić information content (AvgIpc) is 2.44. The number of alkyl halides is 1. The summed E-state index contributed by atoms with van der Waals surface area (Å²) >= 11 is 5.64. The van der Waals surface area contributed by atoms with Gasteiger partial charge in [0.1, 0.15) is 0 Å². The molecule has 0 bridgehead atoms. The summed E-state index contributed by atoms with van der Waals surface area (Å²) in [5, 5.41) is 0. The first-order chi connectivity index (χ1) is 9.60. The van der Waals surface area contributed by atoms with E-state index in [0.29, 0.717) is 25.5 Å². The van der Waals surface area contributed by atoms with Crippen molar-refractivity contribution >= 4 is 21.6 Å². The molecule has 20 heavy (non-hydrogen) atoms. The number of aryl methyl sites for hydroxylation is 1. The molecule has 0 fully saturated rings. The molecule has 0 unspecified atom stereocenters. The maximum absolute atomic E-state index is 12.0. The van der Waals surface area contributed by atoms with Crippen LogP contribution in [0.3, 0.4) is 0 Å². The van der Waals surface area contributed by atoms with Crippen molar-refractivity contribution in [2.24, 2.45) is 0 Å². The van der Waals surface area contributed by atoms with Crippen LogP contribution in [0.4, 0.5) is 0 Å². The summed E-state index contributed by atoms with van der Waals surface area (Å²) in [7, 11) is -3.42. The minimum Gasteiger partial charge on any atom is -0.381 e. The lowest BCUT2D eigenvalue weighted by Crippen LogP contribution is -2.25. The van der Waals surface area contributed by atoms with Gasteiger partial charge in [-0.3, -0.25) is 0 Å². The highest BCUT2D eigenvalue weighted by Gasteiger charge is 2.12. The number of halogens is 1. The number of benzene rings is 1. The van der Waals surface area contributed by atoms with Crippen molar-refractivity contribution in [1.82, 2.24) is 4.72 Å². The van der Waals surface area contributed by atoms with Crippen LogP contribution in [0.15, 0.2) is 29.2 Å². The van der Waals surface area contributed by atoms with Crippen molar-refractivity contribution in [3.63, 3.8) is 0 Å². The van der Waals surface area contributed by atoms with Crippen molar-refractivity contribution in [2.75, 3.05) is 25.6 Å². The molecule has 114 valence electrons. The Hall–Kier alpha value is -0.620. The van der Waals surface area contributed by atoms with E-state index in [-0.39, 0.29) is 4.90 Å². The van der Waals surface area contributed by atoms with Gasteiger partial charge in [0.2, 0.25) is 10.0 Å². The predicted molar refractivity (Wildman–Crippen MR) is 81.8 cm³/mol. The van der Waals surface area contributed by atoms with Crippen molar-refractivity contribution < 1.29 is 13.2 Å². The Morgan fingerprint density at radius 1 is 1.20 bits per heavy atom. The highest BCUT2D eigenvalue weighted by Crippen LogP contribution is 2.11. The highest BCUT2D eigenvalue weighted by molar-refractivity contribution is 7.89. The van der Waals surface area contributed by atoms with Crippen LogP contribution in [-0.2, 0) is 21.2 Å². The van der Waals surface area contributed by atoms with Crippen LogP contribution < -0.4 is 4.72 Å². The van der Waals surface area contributed by atoms with E-state index in [9.17, 15) is 8.42 Å². The molecule has 1 N–H and O–H groups in total. The molecule has 1 aromatic carbocycles. The molecule has 0 aliphatic rings. The molecule has 1 aromatic rings. The normalized spacial score (nSPS) is 11.7. The number of ether oxygens (including phenoxy) is 1. The molecule has 0 aliphatic heterocycles. The number of nitrogens with one attached hydrogen (secondary N) is 1. The lowest BCUT2D eigenvalue weighted by Gasteiger charge is -2.07. The van der Waals surface area contributed by atoms with Gasteiger partial charge in [0.15, 0.2) is 0 Å². The smallest absolute Gasteiger partial charge is 0.240 e. The molecule has 0 amide bonds. The van der Waals surface area contributed by atoms with Gasteiger partial charge in [0.25, 0.3) is 0 Å². The number of sulfonamides is 1. The number of hydrogen-bond acceptors (Lipinski definition) is 3. The zero-order valence-corrected chi connectivity index (χ0v) is 13.3. The second kappa shape index (κ2) is 9.34. The SMILES string of the molecule is CCCOCCCNS(=O)(=O)c1ccc(CCCl)cc1. The highest BCUT2D eigenvalue weighted by atomic mass is 35.5. The fraction of sp³-hybridized carbons (Fsp3) is 0.571. The fourth-order valence-electron chi connectivity index (χ4n) is 1.65. The van der Waals surface area contributed by atoms with E-state index in [1.165, 1.54) is 0 Å². The molecule has 1 rings (SSSR count). The molecule has 0 aliphatic carbocycles. The molecular weight excluding hydrogens is 298 g/mol. The standard InChI is InChI=1S/C14H22ClNO3S/c1-2-11-19-12-3-10-16-20(17,18)14-6-4-13(5-7-14)8-9-15/h4-7,16H,2-3,8-12H2,1H3. The Kier molecular flexibility index (Phi) is 8.14. The largest absolute Gasteiger partial charge is 0.381 e. The van der Waals surface area contributed by atoms with E-state index in [0.717, 1.165) is 25.0 Å². The monoisotopic (exact) mass is 319 g/mol. The van der Waals surface area contributed by atoms with Gasteiger partial charge >= 0.3 is 0 Å². The summed E-state index contributed by atoms with van der Waals surface area (Å²) in [4.78, 5) is 0.283. The van der Waals surface area contributed by atoms with E-state index < -0.39 is 10.0 Å². The third kappa shape index (κ3) is 6.22. The second-order valence-electron chi connectivity index (χ2n) is 4.45. The van der Waals surface area contributed by atoms with Crippen molar-refractivity contribution in [3.8, 4) is 0 Å². The summed E-state index contributed by atoms with van der Waals surface area (Å²) in [5.41, 5.74) is 1.03. The molecule has 0 heterocycles. The Morgan fingerprint density at radius 2 is 1.90 bits per heavy atom. The fourth-order valence-corrected chi connectivity index (χ4v) is 2.95. The van der Waals surface area contributed by atoms with Crippen LogP contribution in [0.5, 0.6) is 0 Å². The van der Waals surface area contributed by atoms with Crippen molar-refractivity contribution in [3.05, 3.63) is 29.8 Å². The molecule has 0 spiro atoms. The molecule has 0 atom stereocenters. The number of hydrogen-bond donors (Lipinski definition) is 1. The van der Waals surface area contributed by atoms with Crippen LogP contribution in [0.25, 0.3) is 0 Å². The second-order valence-corrected chi connectivity index (χ2v) is 6.59. The van der Waals surface area contributed by atoms with Gasteiger partial charge in [-0.1, -0.05) is 19.1 Å². The Labute approximate surface area is 126 Å². The molecule has 0 saturated heterocycles. The van der Waals surface area contributed by atoms with Crippen LogP contribution in [-0.4, -0.2) is 34.1 Å². The van der Waals surface area contributed by atoms with E-state index in [2.05, 4.69) is 4.72 Å². The Morgan fingerprint density at radius 3 is 2.50 bits per heavy atom. The quantitative estimate of drug-likeness (QED) is 0.532. The molecule has 0 saturated carbocycles. The Bertz CT molecular complexity index is 474. The summed E-state index contributed by atoms with van der Waals surface area (Å²) < 4.78 is 31.9. The topological polar surface area (TPSA) is 55.4 Å². The van der Waals surface area contributed by atoms with E-state index in [1.54, 1.807) is 24.3 Å².